The predicted molar refractivity (Wildman–Crippen MR) is 92.6 cm³/mol. The summed E-state index contributed by atoms with van der Waals surface area (Å²) in [5, 5.41) is 0. The number of benzene rings is 2. The lowest BCUT2D eigenvalue weighted by Gasteiger charge is -2.12. The van der Waals surface area contributed by atoms with Gasteiger partial charge in [-0.05, 0) is 30.2 Å². The number of hydrogen-bond acceptors (Lipinski definition) is 4. The molecule has 0 spiro atoms. The number of nitrogens with two attached hydrogens (primary N) is 1. The van der Waals surface area contributed by atoms with Gasteiger partial charge in [-0.3, -0.25) is 4.79 Å². The molecule has 0 saturated carbocycles. The Morgan fingerprint density at radius 2 is 1.74 bits per heavy atom. The van der Waals surface area contributed by atoms with Gasteiger partial charge in [-0.15, -0.1) is 12.4 Å². The zero-order chi connectivity index (χ0) is 15.8. The van der Waals surface area contributed by atoms with Crippen LogP contribution in [-0.2, 0) is 16.1 Å². The number of ether oxygens (including phenoxy) is 2. The molecule has 5 heteroatoms. The molecular formula is C18H22ClNO3. The zero-order valence-electron chi connectivity index (χ0n) is 13.1. The maximum Gasteiger partial charge on any atom is 0.307 e. The highest BCUT2D eigenvalue weighted by Crippen LogP contribution is 2.19. The van der Waals surface area contributed by atoms with E-state index < -0.39 is 0 Å². The SMILES string of the molecule is CCOC(=O)CC(N)c1ccc(OCc2ccccc2)cc1.Cl. The largest absolute Gasteiger partial charge is 0.489 e. The van der Waals surface area contributed by atoms with Crippen molar-refractivity contribution in [1.82, 2.24) is 0 Å². The van der Waals surface area contributed by atoms with Gasteiger partial charge in [-0.2, -0.15) is 0 Å². The van der Waals surface area contributed by atoms with Crippen molar-refractivity contribution < 1.29 is 14.3 Å². The van der Waals surface area contributed by atoms with E-state index in [-0.39, 0.29) is 30.8 Å². The maximum absolute atomic E-state index is 11.4. The van der Waals surface area contributed by atoms with Crippen LogP contribution in [0.5, 0.6) is 5.75 Å². The summed E-state index contributed by atoms with van der Waals surface area (Å²) in [6.07, 6.45) is 0.179. The van der Waals surface area contributed by atoms with Crippen LogP contribution in [-0.4, -0.2) is 12.6 Å². The Morgan fingerprint density at radius 3 is 2.35 bits per heavy atom. The van der Waals surface area contributed by atoms with Crippen molar-refractivity contribution in [3.8, 4) is 5.75 Å². The van der Waals surface area contributed by atoms with Crippen molar-refractivity contribution in [2.45, 2.75) is 26.0 Å². The van der Waals surface area contributed by atoms with E-state index in [1.165, 1.54) is 0 Å². The van der Waals surface area contributed by atoms with E-state index >= 15 is 0 Å². The van der Waals surface area contributed by atoms with Gasteiger partial charge >= 0.3 is 5.97 Å². The summed E-state index contributed by atoms with van der Waals surface area (Å²) in [5.41, 5.74) is 8.00. The highest BCUT2D eigenvalue weighted by Gasteiger charge is 2.12. The molecule has 0 aliphatic carbocycles. The maximum atomic E-state index is 11.4. The van der Waals surface area contributed by atoms with Crippen LogP contribution in [0, 0.1) is 0 Å². The van der Waals surface area contributed by atoms with Crippen LogP contribution < -0.4 is 10.5 Å². The second kappa shape index (κ2) is 9.87. The zero-order valence-corrected chi connectivity index (χ0v) is 13.9. The van der Waals surface area contributed by atoms with Gasteiger partial charge in [0, 0.05) is 6.04 Å². The van der Waals surface area contributed by atoms with Crippen LogP contribution in [0.1, 0.15) is 30.5 Å². The summed E-state index contributed by atoms with van der Waals surface area (Å²) in [6.45, 7) is 2.68. The van der Waals surface area contributed by atoms with Crippen molar-refractivity contribution in [3.63, 3.8) is 0 Å². The lowest BCUT2D eigenvalue weighted by molar-refractivity contribution is -0.143. The molecule has 0 bridgehead atoms. The lowest BCUT2D eigenvalue weighted by atomic mass is 10.0. The highest BCUT2D eigenvalue weighted by atomic mass is 35.5. The Morgan fingerprint density at radius 1 is 1.09 bits per heavy atom. The van der Waals surface area contributed by atoms with Crippen molar-refractivity contribution in [2.75, 3.05) is 6.61 Å². The summed E-state index contributed by atoms with van der Waals surface area (Å²) < 4.78 is 10.6. The van der Waals surface area contributed by atoms with E-state index in [9.17, 15) is 4.79 Å². The lowest BCUT2D eigenvalue weighted by Crippen LogP contribution is -2.17. The third-order valence-electron chi connectivity index (χ3n) is 3.25. The first-order valence-electron chi connectivity index (χ1n) is 7.37. The standard InChI is InChI=1S/C18H21NO3.ClH/c1-2-21-18(20)12-17(19)15-8-10-16(11-9-15)22-13-14-6-4-3-5-7-14;/h3-11,17H,2,12-13,19H2,1H3;1H. The molecule has 2 rings (SSSR count). The second-order valence-electron chi connectivity index (χ2n) is 4.96. The quantitative estimate of drug-likeness (QED) is 0.785. The summed E-state index contributed by atoms with van der Waals surface area (Å²) in [5.74, 6) is 0.496. The number of carbonyl (C=O) groups excluding carboxylic acids is 1. The summed E-state index contributed by atoms with van der Waals surface area (Å²) >= 11 is 0. The van der Waals surface area contributed by atoms with Gasteiger partial charge in [0.15, 0.2) is 0 Å². The monoisotopic (exact) mass is 335 g/mol. The van der Waals surface area contributed by atoms with Gasteiger partial charge < -0.3 is 15.2 Å². The van der Waals surface area contributed by atoms with Gasteiger partial charge in [0.2, 0.25) is 0 Å². The average Bonchev–Trinajstić information content (AvgIpc) is 2.54. The molecule has 0 fully saturated rings. The molecule has 0 aliphatic heterocycles. The molecule has 1 unspecified atom stereocenters. The Bertz CT molecular complexity index is 587. The number of hydrogen-bond donors (Lipinski definition) is 1. The second-order valence-corrected chi connectivity index (χ2v) is 4.96. The third kappa shape index (κ3) is 6.30. The molecule has 2 aromatic rings. The van der Waals surface area contributed by atoms with Gasteiger partial charge in [-0.25, -0.2) is 0 Å². The van der Waals surface area contributed by atoms with Gasteiger partial charge in [-0.1, -0.05) is 42.5 Å². The minimum Gasteiger partial charge on any atom is -0.489 e. The average molecular weight is 336 g/mol. The van der Waals surface area contributed by atoms with Crippen LogP contribution in [0.3, 0.4) is 0 Å². The Labute approximate surface area is 143 Å². The normalized spacial score (nSPS) is 11.2. The van der Waals surface area contributed by atoms with Gasteiger partial charge in [0.05, 0.1) is 13.0 Å². The fraction of sp³-hybridized carbons (Fsp3) is 0.278. The Kier molecular flexibility index (Phi) is 8.16. The molecule has 0 aromatic heterocycles. The minimum atomic E-state index is -0.359. The molecule has 4 nitrogen and oxygen atoms in total. The number of esters is 1. The molecule has 0 aliphatic rings. The van der Waals surface area contributed by atoms with E-state index in [0.717, 1.165) is 16.9 Å². The molecule has 1 atom stereocenters. The number of carbonyl (C=O) groups is 1. The summed E-state index contributed by atoms with van der Waals surface area (Å²) in [6, 6.07) is 17.1. The Hall–Kier alpha value is -2.04. The van der Waals surface area contributed by atoms with Crippen molar-refractivity contribution in [1.29, 1.82) is 0 Å². The number of halogens is 1. The molecular weight excluding hydrogens is 314 g/mol. The van der Waals surface area contributed by atoms with Crippen LogP contribution in [0.15, 0.2) is 54.6 Å². The molecule has 2 N–H and O–H groups in total. The van der Waals surface area contributed by atoms with Crippen LogP contribution in [0.25, 0.3) is 0 Å². The van der Waals surface area contributed by atoms with E-state index in [0.29, 0.717) is 13.2 Å². The molecule has 0 amide bonds. The van der Waals surface area contributed by atoms with Gasteiger partial charge in [0.1, 0.15) is 12.4 Å². The smallest absolute Gasteiger partial charge is 0.307 e. The fourth-order valence-corrected chi connectivity index (χ4v) is 2.07. The Balaban J connectivity index is 0.00000264. The summed E-state index contributed by atoms with van der Waals surface area (Å²) in [4.78, 5) is 11.4. The van der Waals surface area contributed by atoms with E-state index in [1.54, 1.807) is 6.92 Å². The number of rotatable bonds is 7. The van der Waals surface area contributed by atoms with E-state index in [2.05, 4.69) is 0 Å². The highest BCUT2D eigenvalue weighted by molar-refractivity contribution is 5.85. The predicted octanol–water partition coefficient (Wildman–Crippen LogP) is 3.64. The molecule has 0 saturated heterocycles. The van der Waals surface area contributed by atoms with Crippen LogP contribution in [0.4, 0.5) is 0 Å². The summed E-state index contributed by atoms with van der Waals surface area (Å²) in [7, 11) is 0. The first kappa shape index (κ1) is 19.0. The molecule has 0 heterocycles. The molecule has 23 heavy (non-hydrogen) atoms. The first-order chi connectivity index (χ1) is 10.7. The minimum absolute atomic E-state index is 0. The molecule has 2 aromatic carbocycles. The fourth-order valence-electron chi connectivity index (χ4n) is 2.07. The van der Waals surface area contributed by atoms with Crippen molar-refractivity contribution in [2.24, 2.45) is 5.73 Å². The first-order valence-corrected chi connectivity index (χ1v) is 7.37. The third-order valence-corrected chi connectivity index (χ3v) is 3.25. The molecule has 124 valence electrons. The van der Waals surface area contributed by atoms with E-state index in [4.69, 9.17) is 15.2 Å². The molecule has 0 radical (unpaired) electrons. The van der Waals surface area contributed by atoms with Crippen molar-refractivity contribution >= 4 is 18.4 Å². The van der Waals surface area contributed by atoms with Crippen LogP contribution in [0.2, 0.25) is 0 Å². The topological polar surface area (TPSA) is 61.5 Å². The van der Waals surface area contributed by atoms with Crippen molar-refractivity contribution in [3.05, 3.63) is 65.7 Å². The van der Waals surface area contributed by atoms with E-state index in [1.807, 2.05) is 54.6 Å². The van der Waals surface area contributed by atoms with Crippen LogP contribution >= 0.6 is 12.4 Å². The van der Waals surface area contributed by atoms with Gasteiger partial charge in [0.25, 0.3) is 0 Å².